The standard InChI is InChI=1S/C13H19NO/c1-11-2-4-12(5-3-11)6-7-13(15)8-9-14-10-13/h2-5,14-15H,6-10H2,1H3. The lowest BCUT2D eigenvalue weighted by molar-refractivity contribution is 0.0526. The molecule has 2 nitrogen and oxygen atoms in total. The zero-order valence-electron chi connectivity index (χ0n) is 9.29. The first-order chi connectivity index (χ1) is 7.18. The second-order valence-electron chi connectivity index (χ2n) is 4.64. The van der Waals surface area contributed by atoms with Gasteiger partial charge in [-0.05, 0) is 38.3 Å². The molecule has 0 radical (unpaired) electrons. The summed E-state index contributed by atoms with van der Waals surface area (Å²) in [6.07, 6.45) is 2.72. The fourth-order valence-corrected chi connectivity index (χ4v) is 2.08. The van der Waals surface area contributed by atoms with E-state index >= 15 is 0 Å². The van der Waals surface area contributed by atoms with Crippen molar-refractivity contribution in [1.82, 2.24) is 5.32 Å². The minimum Gasteiger partial charge on any atom is -0.389 e. The van der Waals surface area contributed by atoms with E-state index in [1.54, 1.807) is 0 Å². The van der Waals surface area contributed by atoms with Crippen molar-refractivity contribution in [2.75, 3.05) is 13.1 Å². The molecule has 2 rings (SSSR count). The van der Waals surface area contributed by atoms with Gasteiger partial charge in [-0.2, -0.15) is 0 Å². The third-order valence-electron chi connectivity index (χ3n) is 3.22. The summed E-state index contributed by atoms with van der Waals surface area (Å²) in [5.74, 6) is 0. The molecular weight excluding hydrogens is 186 g/mol. The third-order valence-corrected chi connectivity index (χ3v) is 3.22. The van der Waals surface area contributed by atoms with Gasteiger partial charge in [-0.3, -0.25) is 0 Å². The van der Waals surface area contributed by atoms with Crippen LogP contribution in [0.2, 0.25) is 0 Å². The zero-order valence-corrected chi connectivity index (χ0v) is 9.29. The first kappa shape index (κ1) is 10.7. The molecule has 1 fully saturated rings. The number of β-amino-alcohol motifs (C(OH)–C–C–N with tert-alkyl or cyclic N) is 1. The fourth-order valence-electron chi connectivity index (χ4n) is 2.08. The number of hydrogen-bond acceptors (Lipinski definition) is 2. The molecule has 1 saturated heterocycles. The number of hydrogen-bond donors (Lipinski definition) is 2. The summed E-state index contributed by atoms with van der Waals surface area (Å²) in [7, 11) is 0. The topological polar surface area (TPSA) is 32.3 Å². The van der Waals surface area contributed by atoms with Crippen LogP contribution in [0.15, 0.2) is 24.3 Å². The van der Waals surface area contributed by atoms with E-state index in [-0.39, 0.29) is 0 Å². The molecule has 1 aromatic rings. The van der Waals surface area contributed by atoms with E-state index in [0.717, 1.165) is 32.4 Å². The Bertz CT molecular complexity index is 312. The lowest BCUT2D eigenvalue weighted by Crippen LogP contribution is -2.31. The molecule has 2 heteroatoms. The van der Waals surface area contributed by atoms with Gasteiger partial charge in [0.1, 0.15) is 0 Å². The van der Waals surface area contributed by atoms with Crippen LogP contribution in [0.5, 0.6) is 0 Å². The second kappa shape index (κ2) is 4.33. The maximum Gasteiger partial charge on any atom is 0.0786 e. The second-order valence-corrected chi connectivity index (χ2v) is 4.64. The Morgan fingerprint density at radius 2 is 2.07 bits per heavy atom. The van der Waals surface area contributed by atoms with Gasteiger partial charge in [-0.15, -0.1) is 0 Å². The quantitative estimate of drug-likeness (QED) is 0.786. The largest absolute Gasteiger partial charge is 0.389 e. The normalized spacial score (nSPS) is 25.7. The molecule has 1 unspecified atom stereocenters. The molecule has 0 saturated carbocycles. The molecule has 0 spiro atoms. The van der Waals surface area contributed by atoms with Crippen molar-refractivity contribution in [3.63, 3.8) is 0 Å². The van der Waals surface area contributed by atoms with Gasteiger partial charge < -0.3 is 10.4 Å². The first-order valence-corrected chi connectivity index (χ1v) is 5.67. The summed E-state index contributed by atoms with van der Waals surface area (Å²) in [5.41, 5.74) is 2.14. The number of aliphatic hydroxyl groups is 1. The molecule has 0 amide bonds. The highest BCUT2D eigenvalue weighted by molar-refractivity contribution is 5.21. The Hall–Kier alpha value is -0.860. The van der Waals surface area contributed by atoms with Crippen LogP contribution in [0, 0.1) is 6.92 Å². The summed E-state index contributed by atoms with van der Waals surface area (Å²) in [4.78, 5) is 0. The molecule has 0 aliphatic carbocycles. The molecule has 1 aliphatic rings. The molecule has 1 atom stereocenters. The summed E-state index contributed by atoms with van der Waals surface area (Å²) in [6.45, 7) is 3.79. The number of aryl methyl sites for hydroxylation is 2. The summed E-state index contributed by atoms with van der Waals surface area (Å²) < 4.78 is 0. The van der Waals surface area contributed by atoms with Crippen molar-refractivity contribution in [2.45, 2.75) is 31.8 Å². The molecule has 15 heavy (non-hydrogen) atoms. The van der Waals surface area contributed by atoms with Gasteiger partial charge in [0.2, 0.25) is 0 Å². The van der Waals surface area contributed by atoms with Gasteiger partial charge in [0.15, 0.2) is 0 Å². The van der Waals surface area contributed by atoms with E-state index in [9.17, 15) is 5.11 Å². The Morgan fingerprint density at radius 3 is 2.67 bits per heavy atom. The molecule has 82 valence electrons. The molecule has 1 heterocycles. The van der Waals surface area contributed by atoms with Crippen molar-refractivity contribution < 1.29 is 5.11 Å². The molecule has 1 aromatic carbocycles. The van der Waals surface area contributed by atoms with Crippen LogP contribution in [0.1, 0.15) is 24.0 Å². The van der Waals surface area contributed by atoms with Crippen molar-refractivity contribution in [3.8, 4) is 0 Å². The summed E-state index contributed by atoms with van der Waals surface area (Å²) >= 11 is 0. The zero-order chi connectivity index (χ0) is 10.7. The van der Waals surface area contributed by atoms with Crippen LogP contribution >= 0.6 is 0 Å². The van der Waals surface area contributed by atoms with Gasteiger partial charge in [-0.25, -0.2) is 0 Å². The van der Waals surface area contributed by atoms with Crippen molar-refractivity contribution in [1.29, 1.82) is 0 Å². The van der Waals surface area contributed by atoms with Crippen molar-refractivity contribution in [3.05, 3.63) is 35.4 Å². The van der Waals surface area contributed by atoms with Crippen LogP contribution in [0.3, 0.4) is 0 Å². The Labute approximate surface area is 91.3 Å². The third kappa shape index (κ3) is 2.80. The smallest absolute Gasteiger partial charge is 0.0786 e. The number of benzene rings is 1. The highest BCUT2D eigenvalue weighted by Crippen LogP contribution is 2.21. The Morgan fingerprint density at radius 1 is 1.33 bits per heavy atom. The SMILES string of the molecule is Cc1ccc(CCC2(O)CCNC2)cc1. The minimum absolute atomic E-state index is 0.467. The van der Waals surface area contributed by atoms with Gasteiger partial charge in [0.25, 0.3) is 0 Å². The number of rotatable bonds is 3. The van der Waals surface area contributed by atoms with E-state index in [0.29, 0.717) is 0 Å². The predicted molar refractivity (Wildman–Crippen MR) is 61.9 cm³/mol. The van der Waals surface area contributed by atoms with Crippen molar-refractivity contribution >= 4 is 0 Å². The molecular formula is C13H19NO. The molecule has 2 N–H and O–H groups in total. The average Bonchev–Trinajstić information content (AvgIpc) is 2.65. The van der Waals surface area contributed by atoms with Gasteiger partial charge in [-0.1, -0.05) is 29.8 Å². The lowest BCUT2D eigenvalue weighted by Gasteiger charge is -2.20. The van der Waals surface area contributed by atoms with E-state index in [1.165, 1.54) is 11.1 Å². The lowest BCUT2D eigenvalue weighted by atomic mass is 9.94. The highest BCUT2D eigenvalue weighted by Gasteiger charge is 2.30. The Balaban J connectivity index is 1.90. The van der Waals surface area contributed by atoms with Gasteiger partial charge >= 0.3 is 0 Å². The van der Waals surface area contributed by atoms with E-state index in [2.05, 4.69) is 36.5 Å². The summed E-state index contributed by atoms with van der Waals surface area (Å²) in [5, 5.41) is 13.4. The van der Waals surface area contributed by atoms with Crippen LogP contribution in [-0.4, -0.2) is 23.8 Å². The molecule has 0 aromatic heterocycles. The highest BCUT2D eigenvalue weighted by atomic mass is 16.3. The van der Waals surface area contributed by atoms with E-state index in [1.807, 2.05) is 0 Å². The van der Waals surface area contributed by atoms with Crippen LogP contribution in [0.4, 0.5) is 0 Å². The minimum atomic E-state index is -0.467. The average molecular weight is 205 g/mol. The van der Waals surface area contributed by atoms with E-state index in [4.69, 9.17) is 0 Å². The van der Waals surface area contributed by atoms with E-state index < -0.39 is 5.60 Å². The Kier molecular flexibility index (Phi) is 3.08. The first-order valence-electron chi connectivity index (χ1n) is 5.67. The van der Waals surface area contributed by atoms with Crippen LogP contribution in [0.25, 0.3) is 0 Å². The maximum atomic E-state index is 10.1. The summed E-state index contributed by atoms with van der Waals surface area (Å²) in [6, 6.07) is 8.57. The fraction of sp³-hybridized carbons (Fsp3) is 0.538. The predicted octanol–water partition coefficient (Wildman–Crippen LogP) is 1.65. The van der Waals surface area contributed by atoms with Crippen LogP contribution in [-0.2, 0) is 6.42 Å². The monoisotopic (exact) mass is 205 g/mol. The molecule has 1 aliphatic heterocycles. The molecule has 0 bridgehead atoms. The van der Waals surface area contributed by atoms with Crippen molar-refractivity contribution in [2.24, 2.45) is 0 Å². The van der Waals surface area contributed by atoms with Gasteiger partial charge in [0, 0.05) is 6.54 Å². The number of nitrogens with one attached hydrogen (secondary N) is 1. The van der Waals surface area contributed by atoms with Crippen LogP contribution < -0.4 is 5.32 Å². The van der Waals surface area contributed by atoms with Gasteiger partial charge in [0.05, 0.1) is 5.60 Å². The maximum absolute atomic E-state index is 10.1.